The summed E-state index contributed by atoms with van der Waals surface area (Å²) < 4.78 is 0. The van der Waals surface area contributed by atoms with Crippen LogP contribution in [-0.2, 0) is 0 Å². The molecule has 1 aromatic carbocycles. The Morgan fingerprint density at radius 2 is 1.91 bits per heavy atom. The Hall–Kier alpha value is -2.36. The molecule has 0 aliphatic carbocycles. The van der Waals surface area contributed by atoms with Gasteiger partial charge in [-0.25, -0.2) is 4.98 Å². The van der Waals surface area contributed by atoms with Crippen molar-refractivity contribution in [2.75, 3.05) is 17.2 Å². The zero-order valence-electron chi connectivity index (χ0n) is 13.6. The summed E-state index contributed by atoms with van der Waals surface area (Å²) in [5.74, 6) is 0.987. The number of amides is 1. The molecule has 2 N–H and O–H groups in total. The molecule has 0 saturated heterocycles. The third-order valence-corrected chi connectivity index (χ3v) is 3.49. The van der Waals surface area contributed by atoms with Gasteiger partial charge in [0.1, 0.15) is 5.82 Å². The van der Waals surface area contributed by atoms with Crippen LogP contribution in [0.25, 0.3) is 0 Å². The highest BCUT2D eigenvalue weighted by atomic mass is 16.1. The summed E-state index contributed by atoms with van der Waals surface area (Å²) in [7, 11) is 0. The minimum atomic E-state index is -0.140. The van der Waals surface area contributed by atoms with Crippen molar-refractivity contribution in [2.45, 2.75) is 27.7 Å². The van der Waals surface area contributed by atoms with Crippen LogP contribution in [0.4, 0.5) is 11.5 Å². The summed E-state index contributed by atoms with van der Waals surface area (Å²) in [6.45, 7) is 9.23. The minimum absolute atomic E-state index is 0.140. The monoisotopic (exact) mass is 297 g/mol. The van der Waals surface area contributed by atoms with Gasteiger partial charge in [0.25, 0.3) is 5.91 Å². The van der Waals surface area contributed by atoms with Crippen LogP contribution in [0.1, 0.15) is 35.3 Å². The van der Waals surface area contributed by atoms with E-state index >= 15 is 0 Å². The van der Waals surface area contributed by atoms with Gasteiger partial charge in [0, 0.05) is 12.1 Å². The highest BCUT2D eigenvalue weighted by Crippen LogP contribution is 2.14. The van der Waals surface area contributed by atoms with E-state index in [-0.39, 0.29) is 5.91 Å². The molecule has 4 heteroatoms. The van der Waals surface area contributed by atoms with Crippen molar-refractivity contribution in [1.82, 2.24) is 4.98 Å². The number of carbonyl (C=O) groups is 1. The molecule has 0 bridgehead atoms. The number of pyridine rings is 1. The molecule has 116 valence electrons. The van der Waals surface area contributed by atoms with Crippen molar-refractivity contribution < 1.29 is 4.79 Å². The van der Waals surface area contributed by atoms with Crippen LogP contribution in [0.2, 0.25) is 0 Å². The van der Waals surface area contributed by atoms with Crippen LogP contribution >= 0.6 is 0 Å². The largest absolute Gasteiger partial charge is 0.384 e. The van der Waals surface area contributed by atoms with Crippen molar-refractivity contribution in [3.8, 4) is 0 Å². The quantitative estimate of drug-likeness (QED) is 0.876. The maximum absolute atomic E-state index is 12.2. The molecule has 2 rings (SSSR count). The van der Waals surface area contributed by atoms with Gasteiger partial charge in [-0.15, -0.1) is 0 Å². The number of rotatable bonds is 5. The second kappa shape index (κ2) is 7.07. The van der Waals surface area contributed by atoms with Gasteiger partial charge in [0.05, 0.1) is 11.9 Å². The molecule has 0 aliphatic heterocycles. The van der Waals surface area contributed by atoms with E-state index in [2.05, 4.69) is 29.5 Å². The normalized spacial score (nSPS) is 10.6. The van der Waals surface area contributed by atoms with Gasteiger partial charge in [-0.2, -0.15) is 0 Å². The molecule has 2 aromatic rings. The topological polar surface area (TPSA) is 54.0 Å². The molecule has 1 amide bonds. The van der Waals surface area contributed by atoms with Crippen LogP contribution < -0.4 is 10.6 Å². The molecule has 0 atom stereocenters. The highest BCUT2D eigenvalue weighted by molar-refractivity contribution is 6.03. The lowest BCUT2D eigenvalue weighted by Crippen LogP contribution is -2.13. The van der Waals surface area contributed by atoms with Crippen molar-refractivity contribution in [3.05, 3.63) is 53.2 Å². The Balaban J connectivity index is 2.00. The first kappa shape index (κ1) is 16.0. The third kappa shape index (κ3) is 4.32. The predicted molar refractivity (Wildman–Crippen MR) is 91.4 cm³/mol. The predicted octanol–water partition coefficient (Wildman–Crippen LogP) is 4.02. The summed E-state index contributed by atoms with van der Waals surface area (Å²) in [6.07, 6.45) is 1.73. The van der Waals surface area contributed by atoms with Gasteiger partial charge in [-0.1, -0.05) is 19.9 Å². The maximum atomic E-state index is 12.2. The molecule has 22 heavy (non-hydrogen) atoms. The van der Waals surface area contributed by atoms with Gasteiger partial charge in [-0.05, 0) is 55.2 Å². The Morgan fingerprint density at radius 1 is 1.14 bits per heavy atom. The molecule has 1 aromatic heterocycles. The highest BCUT2D eigenvalue weighted by Gasteiger charge is 2.08. The minimum Gasteiger partial charge on any atom is -0.384 e. The van der Waals surface area contributed by atoms with E-state index in [0.717, 1.165) is 17.8 Å². The first-order valence-corrected chi connectivity index (χ1v) is 7.54. The van der Waals surface area contributed by atoms with E-state index in [1.54, 1.807) is 6.20 Å². The fourth-order valence-electron chi connectivity index (χ4n) is 1.97. The lowest BCUT2D eigenvalue weighted by molar-refractivity contribution is 0.102. The van der Waals surface area contributed by atoms with Crippen LogP contribution in [0.3, 0.4) is 0 Å². The fourth-order valence-corrected chi connectivity index (χ4v) is 1.97. The van der Waals surface area contributed by atoms with Crippen LogP contribution in [-0.4, -0.2) is 17.4 Å². The Morgan fingerprint density at radius 3 is 2.50 bits per heavy atom. The average Bonchev–Trinajstić information content (AvgIpc) is 2.49. The zero-order chi connectivity index (χ0) is 16.1. The molecular weight excluding hydrogens is 274 g/mol. The van der Waals surface area contributed by atoms with E-state index in [4.69, 9.17) is 0 Å². The number of nitrogens with zero attached hydrogens (tertiary/aromatic N) is 1. The average molecular weight is 297 g/mol. The molecule has 0 spiro atoms. The lowest BCUT2D eigenvalue weighted by Gasteiger charge is -2.10. The molecule has 0 radical (unpaired) electrons. The number of anilines is 2. The van der Waals surface area contributed by atoms with Crippen LogP contribution in [0.5, 0.6) is 0 Å². The number of hydrogen-bond acceptors (Lipinski definition) is 3. The summed E-state index contributed by atoms with van der Waals surface area (Å²) in [4.78, 5) is 16.5. The molecule has 4 nitrogen and oxygen atoms in total. The zero-order valence-corrected chi connectivity index (χ0v) is 13.6. The summed E-state index contributed by atoms with van der Waals surface area (Å²) >= 11 is 0. The Kier molecular flexibility index (Phi) is 5.15. The number of nitrogens with one attached hydrogen (secondary N) is 2. The lowest BCUT2D eigenvalue weighted by atomic mass is 10.1. The van der Waals surface area contributed by atoms with Gasteiger partial charge < -0.3 is 10.6 Å². The number of aryl methyl sites for hydroxylation is 2. The Bertz CT molecular complexity index is 648. The van der Waals surface area contributed by atoms with Crippen LogP contribution in [0.15, 0.2) is 36.5 Å². The summed E-state index contributed by atoms with van der Waals surface area (Å²) in [6, 6.07) is 9.41. The first-order valence-electron chi connectivity index (χ1n) is 7.54. The molecule has 1 heterocycles. The first-order chi connectivity index (χ1) is 10.5. The second-order valence-corrected chi connectivity index (χ2v) is 5.96. The van der Waals surface area contributed by atoms with Gasteiger partial charge in [0.2, 0.25) is 0 Å². The van der Waals surface area contributed by atoms with Gasteiger partial charge in [0.15, 0.2) is 0 Å². The maximum Gasteiger partial charge on any atom is 0.256 e. The van der Waals surface area contributed by atoms with E-state index in [1.807, 2.05) is 44.2 Å². The van der Waals surface area contributed by atoms with Crippen LogP contribution in [0, 0.1) is 19.8 Å². The standard InChI is InChI=1S/C18H23N3O/c1-12(2)10-19-16-7-8-17(20-11-16)21-18(22)15-6-5-13(3)14(4)9-15/h5-9,11-12,19H,10H2,1-4H3,(H,20,21,22). The molecule has 0 saturated carbocycles. The van der Waals surface area contributed by atoms with Crippen molar-refractivity contribution >= 4 is 17.4 Å². The molecule has 0 unspecified atom stereocenters. The molecule has 0 fully saturated rings. The van der Waals surface area contributed by atoms with Gasteiger partial charge >= 0.3 is 0 Å². The smallest absolute Gasteiger partial charge is 0.256 e. The number of hydrogen-bond donors (Lipinski definition) is 2. The SMILES string of the molecule is Cc1ccc(C(=O)Nc2ccc(NCC(C)C)cn2)cc1C. The number of carbonyl (C=O) groups excluding carboxylic acids is 1. The second-order valence-electron chi connectivity index (χ2n) is 5.96. The summed E-state index contributed by atoms with van der Waals surface area (Å²) in [5.41, 5.74) is 3.88. The van der Waals surface area contributed by atoms with Gasteiger partial charge in [-0.3, -0.25) is 4.79 Å². The van der Waals surface area contributed by atoms with Crippen molar-refractivity contribution in [3.63, 3.8) is 0 Å². The third-order valence-electron chi connectivity index (χ3n) is 3.49. The van der Waals surface area contributed by atoms with Crippen molar-refractivity contribution in [1.29, 1.82) is 0 Å². The summed E-state index contributed by atoms with van der Waals surface area (Å²) in [5, 5.41) is 6.11. The molecular formula is C18H23N3O. The van der Waals surface area contributed by atoms with E-state index in [1.165, 1.54) is 5.56 Å². The Labute approximate surface area is 132 Å². The van der Waals surface area contributed by atoms with Crippen molar-refractivity contribution in [2.24, 2.45) is 5.92 Å². The number of aromatic nitrogens is 1. The number of benzene rings is 1. The molecule has 0 aliphatic rings. The van der Waals surface area contributed by atoms with E-state index in [0.29, 0.717) is 17.3 Å². The van der Waals surface area contributed by atoms with E-state index < -0.39 is 0 Å². The fraction of sp³-hybridized carbons (Fsp3) is 0.333. The van der Waals surface area contributed by atoms with E-state index in [9.17, 15) is 4.79 Å².